The van der Waals surface area contributed by atoms with Crippen LogP contribution in [0.15, 0.2) is 79.4 Å². The van der Waals surface area contributed by atoms with E-state index in [0.717, 1.165) is 0 Å². The van der Waals surface area contributed by atoms with E-state index >= 15 is 0 Å². The molecule has 66 heavy (non-hydrogen) atoms. The van der Waals surface area contributed by atoms with Crippen LogP contribution in [0, 0.1) is 19.7 Å². The van der Waals surface area contributed by atoms with Gasteiger partial charge in [-0.15, -0.1) is 11.3 Å². The molecule has 4 aromatic heterocycles. The quantitative estimate of drug-likeness (QED) is 0.0658. The Kier molecular flexibility index (Phi) is 14.7. The monoisotopic (exact) mass is 953 g/mol. The first-order chi connectivity index (χ1) is 32.0. The Morgan fingerprint density at radius 3 is 2.47 bits per heavy atom. The normalized spacial score (nSPS) is 14.8. The summed E-state index contributed by atoms with van der Waals surface area (Å²) >= 11 is 15.8. The minimum absolute atomic E-state index is 0.0106. The van der Waals surface area contributed by atoms with Gasteiger partial charge in [-0.25, -0.2) is 34.1 Å². The summed E-state index contributed by atoms with van der Waals surface area (Å²) in [5.41, 5.74) is 10.5. The lowest BCUT2D eigenvalue weighted by Gasteiger charge is -2.25. The molecule has 9 rings (SSSR count). The third kappa shape index (κ3) is 10.3. The van der Waals surface area contributed by atoms with Crippen molar-refractivity contribution >= 4 is 56.5 Å². The van der Waals surface area contributed by atoms with Gasteiger partial charge in [0.05, 0.1) is 21.1 Å². The van der Waals surface area contributed by atoms with Crippen molar-refractivity contribution in [1.82, 2.24) is 35.6 Å². The van der Waals surface area contributed by atoms with Crippen LogP contribution in [0.3, 0.4) is 0 Å². The van der Waals surface area contributed by atoms with E-state index in [4.69, 9.17) is 52.9 Å². The van der Waals surface area contributed by atoms with Gasteiger partial charge >= 0.3 is 5.97 Å². The number of fused-ring (bicyclic) bond motifs is 7. The van der Waals surface area contributed by atoms with Crippen LogP contribution in [0.1, 0.15) is 22.4 Å². The highest BCUT2D eigenvalue weighted by atomic mass is 35.5. The van der Waals surface area contributed by atoms with Crippen molar-refractivity contribution in [2.45, 2.75) is 39.1 Å². The van der Waals surface area contributed by atoms with Crippen LogP contribution in [0.25, 0.3) is 43.2 Å². The van der Waals surface area contributed by atoms with Gasteiger partial charge in [0, 0.05) is 73.1 Å². The van der Waals surface area contributed by atoms with Crippen LogP contribution in [0.5, 0.6) is 23.1 Å². The molecule has 0 aliphatic carbocycles. The molecule has 0 amide bonds. The number of benzene rings is 3. The molecule has 15 nitrogen and oxygen atoms in total. The smallest absolute Gasteiger partial charge is 0.345 e. The Bertz CT molecular complexity index is 2830. The number of aliphatic carboxylic acids is 1. The predicted molar refractivity (Wildman–Crippen MR) is 254 cm³/mol. The number of carboxylic acids is 1. The van der Waals surface area contributed by atoms with Gasteiger partial charge in [-0.05, 0) is 91.7 Å². The number of hydrogen-bond donors (Lipinski definition) is 5. The number of nitrogens with two attached hydrogens (primary N) is 1. The molecule has 0 saturated heterocycles. The number of halogens is 3. The molecule has 0 unspecified atom stereocenters. The zero-order chi connectivity index (χ0) is 46.3. The Morgan fingerprint density at radius 2 is 1.74 bits per heavy atom. The second kappa shape index (κ2) is 21.0. The number of carboxylic acid groups (broad SMARTS) is 1. The summed E-state index contributed by atoms with van der Waals surface area (Å²) in [7, 11) is 1.87. The molecule has 2 aliphatic heterocycles. The van der Waals surface area contributed by atoms with E-state index in [-0.39, 0.29) is 41.3 Å². The topological polar surface area (TPSA) is 201 Å². The molecule has 3 aromatic carbocycles. The summed E-state index contributed by atoms with van der Waals surface area (Å²) in [5.74, 6) is 0.554. The third-order valence-corrected chi connectivity index (χ3v) is 12.8. The molecule has 0 saturated carbocycles. The van der Waals surface area contributed by atoms with Gasteiger partial charge in [-0.3, -0.25) is 0 Å². The number of anilines is 1. The van der Waals surface area contributed by atoms with E-state index in [1.165, 1.54) is 29.8 Å². The summed E-state index contributed by atoms with van der Waals surface area (Å²) < 4.78 is 40.2. The van der Waals surface area contributed by atoms with Crippen molar-refractivity contribution in [3.63, 3.8) is 0 Å². The van der Waals surface area contributed by atoms with Gasteiger partial charge < -0.3 is 45.7 Å². The molecule has 6 N–H and O–H groups in total. The Hall–Kier alpha value is -6.21. The largest absolute Gasteiger partial charge is 0.490 e. The van der Waals surface area contributed by atoms with E-state index in [9.17, 15) is 14.3 Å². The van der Waals surface area contributed by atoms with Crippen LogP contribution in [-0.2, 0) is 17.8 Å². The highest BCUT2D eigenvalue weighted by Gasteiger charge is 2.31. The Balaban J connectivity index is 1.21. The molecule has 19 heteroatoms. The molecule has 4 bridgehead atoms. The van der Waals surface area contributed by atoms with Crippen molar-refractivity contribution in [2.75, 3.05) is 51.7 Å². The van der Waals surface area contributed by atoms with Crippen LogP contribution < -0.4 is 40.6 Å². The van der Waals surface area contributed by atoms with E-state index in [1.54, 1.807) is 48.8 Å². The summed E-state index contributed by atoms with van der Waals surface area (Å²) in [6.45, 7) is 6.58. The van der Waals surface area contributed by atoms with E-state index in [1.807, 2.05) is 33.0 Å². The zero-order valence-corrected chi connectivity index (χ0v) is 38.5. The van der Waals surface area contributed by atoms with Crippen LogP contribution in [0.2, 0.25) is 10.0 Å². The second-order valence-electron chi connectivity index (χ2n) is 15.3. The van der Waals surface area contributed by atoms with Gasteiger partial charge in [-0.2, -0.15) is 0 Å². The first kappa shape index (κ1) is 46.3. The standard InChI is InChI=1S/C47H46Cl2FN9O6S/c1-25-37-26(2)41(49)42(40(25)48)64-33(21-53-17-16-52-3)23-62-32-9-10-34(63-22-31-12-14-55-44(59-31)28-6-11-36(56-20-28)54-15-13-51)29(18-32)19-35(47(60)61)65-45-39-38(37)43(66-46(39)58-24-57-45)27-4-7-30(50)8-5-27/h4-12,14,18,20,24,33,35,52-53H,13,15-17,19,21-23,51H2,1-3H3,(H,54,56)(H,60,61)/t33-,35-/m1/s1. The number of nitrogens with zero attached hydrogens (tertiary/aromatic N) is 5. The molecule has 0 fully saturated rings. The average Bonchev–Trinajstić information content (AvgIpc) is 3.71. The molecular formula is C47H46Cl2FN9O6S. The molecule has 0 radical (unpaired) electrons. The van der Waals surface area contributed by atoms with Gasteiger partial charge in [0.2, 0.25) is 12.0 Å². The summed E-state index contributed by atoms with van der Waals surface area (Å²) in [6, 6.07) is 16.7. The predicted octanol–water partition coefficient (Wildman–Crippen LogP) is 7.91. The molecule has 2 atom stereocenters. The number of pyridine rings is 1. The van der Waals surface area contributed by atoms with Gasteiger partial charge in [0.1, 0.15) is 53.6 Å². The van der Waals surface area contributed by atoms with Crippen molar-refractivity contribution in [3.05, 3.63) is 118 Å². The molecule has 6 heterocycles. The Morgan fingerprint density at radius 1 is 0.955 bits per heavy atom. The second-order valence-corrected chi connectivity index (χ2v) is 17.1. The maximum absolute atomic E-state index is 14.3. The number of nitrogens with one attached hydrogen (secondary N) is 3. The lowest BCUT2D eigenvalue weighted by atomic mass is 9.92. The maximum atomic E-state index is 14.3. The lowest BCUT2D eigenvalue weighted by Crippen LogP contribution is -2.38. The number of rotatable bonds is 14. The molecule has 342 valence electrons. The van der Waals surface area contributed by atoms with Crippen LogP contribution >= 0.6 is 34.5 Å². The van der Waals surface area contributed by atoms with Crippen molar-refractivity contribution < 1.29 is 33.2 Å². The van der Waals surface area contributed by atoms with Crippen molar-refractivity contribution in [3.8, 4) is 56.1 Å². The van der Waals surface area contributed by atoms with E-state index in [2.05, 4.69) is 35.9 Å². The average molecular weight is 955 g/mol. The highest BCUT2D eigenvalue weighted by molar-refractivity contribution is 7.22. The van der Waals surface area contributed by atoms with Crippen LogP contribution in [-0.4, -0.2) is 94.6 Å². The summed E-state index contributed by atoms with van der Waals surface area (Å²) in [6.07, 6.45) is 2.38. The fraction of sp³-hybridized carbons (Fsp3) is 0.277. The number of aromatic nitrogens is 5. The third-order valence-electron chi connectivity index (χ3n) is 10.8. The number of likely N-dealkylation sites (N-methyl/N-ethyl adjacent to an activating group) is 1. The summed E-state index contributed by atoms with van der Waals surface area (Å²) in [4.78, 5) is 37.2. The highest BCUT2D eigenvalue weighted by Crippen LogP contribution is 2.53. The number of ether oxygens (including phenoxy) is 4. The van der Waals surface area contributed by atoms with Crippen LogP contribution in [0.4, 0.5) is 10.2 Å². The molecule has 7 aromatic rings. The van der Waals surface area contributed by atoms with Gasteiger partial charge in [0.25, 0.3) is 0 Å². The lowest BCUT2D eigenvalue weighted by molar-refractivity contribution is -0.145. The minimum atomic E-state index is -1.48. The first-order valence-corrected chi connectivity index (χ1v) is 22.6. The molecular weight excluding hydrogens is 909 g/mol. The SMILES string of the molecule is CNCCNC[C@@H]1COc2ccc(OCc3ccnc(-c4ccc(NCCN)nc4)n3)c(c2)C[C@H](C(=O)O)Oc2ncnc3sc(-c4ccc(F)cc4)c(c23)-c2c(C)c(Cl)c(c(Cl)c2C)O1. The molecule has 0 spiro atoms. The minimum Gasteiger partial charge on any atom is -0.490 e. The van der Waals surface area contributed by atoms with Crippen molar-refractivity contribution in [2.24, 2.45) is 5.73 Å². The zero-order valence-electron chi connectivity index (χ0n) is 36.2. The molecule has 2 aliphatic rings. The Labute approximate surface area is 393 Å². The van der Waals surface area contributed by atoms with E-state index in [0.29, 0.717) is 116 Å². The fourth-order valence-corrected chi connectivity index (χ4v) is 9.14. The first-order valence-electron chi connectivity index (χ1n) is 21.1. The number of carbonyl (C=O) groups is 1. The van der Waals surface area contributed by atoms with Gasteiger partial charge in [-0.1, -0.05) is 35.3 Å². The number of thiophene rings is 1. The number of hydrogen-bond acceptors (Lipinski definition) is 15. The van der Waals surface area contributed by atoms with Gasteiger partial charge in [0.15, 0.2) is 11.6 Å². The fourth-order valence-electron chi connectivity index (χ4n) is 7.48. The maximum Gasteiger partial charge on any atom is 0.345 e. The summed E-state index contributed by atoms with van der Waals surface area (Å²) in [5, 5.41) is 21.5. The van der Waals surface area contributed by atoms with Crippen molar-refractivity contribution in [1.29, 1.82) is 0 Å². The van der Waals surface area contributed by atoms with E-state index < -0.39 is 24.0 Å².